The molecule has 1 unspecified atom stereocenters. The lowest BCUT2D eigenvalue weighted by molar-refractivity contribution is -0.138. The number of hydrogen-bond acceptors (Lipinski definition) is 3. The Morgan fingerprint density at radius 3 is 2.81 bits per heavy atom. The minimum absolute atomic E-state index is 0.267. The highest BCUT2D eigenvalue weighted by molar-refractivity contribution is 5.83. The Morgan fingerprint density at radius 2 is 2.10 bits per heavy atom. The van der Waals surface area contributed by atoms with Gasteiger partial charge in [-0.1, -0.05) is 6.07 Å². The highest BCUT2D eigenvalue weighted by Gasteiger charge is 2.15. The molecule has 0 saturated heterocycles. The van der Waals surface area contributed by atoms with E-state index in [0.717, 1.165) is 10.6 Å². The summed E-state index contributed by atoms with van der Waals surface area (Å²) in [5, 5.41) is 9.30. The minimum atomic E-state index is -0.978. The van der Waals surface area contributed by atoms with Crippen molar-refractivity contribution in [3.63, 3.8) is 0 Å². The van der Waals surface area contributed by atoms with E-state index in [-0.39, 0.29) is 5.39 Å². The van der Waals surface area contributed by atoms with Crippen molar-refractivity contribution in [2.45, 2.75) is 12.8 Å². The van der Waals surface area contributed by atoms with Gasteiger partial charge in [0.15, 0.2) is 0 Å². The van der Waals surface area contributed by atoms with Gasteiger partial charge in [0.25, 0.3) is 5.56 Å². The van der Waals surface area contributed by atoms with Crippen molar-refractivity contribution >= 4 is 22.5 Å². The molecule has 0 bridgehead atoms. The Hall–Kier alpha value is -2.76. The lowest BCUT2D eigenvalue weighted by Crippen LogP contribution is -2.16. The van der Waals surface area contributed by atoms with Gasteiger partial charge in [-0.2, -0.15) is 0 Å². The normalized spacial score (nSPS) is 12.7. The van der Waals surface area contributed by atoms with Gasteiger partial charge in [0.1, 0.15) is 11.5 Å². The second-order valence-electron chi connectivity index (χ2n) is 4.83. The van der Waals surface area contributed by atoms with E-state index in [0.29, 0.717) is 16.7 Å². The summed E-state index contributed by atoms with van der Waals surface area (Å²) >= 11 is 0. The molecule has 0 spiro atoms. The molecule has 106 valence electrons. The van der Waals surface area contributed by atoms with E-state index in [1.165, 1.54) is 25.1 Å². The average Bonchev–Trinajstić information content (AvgIpc) is 2.47. The summed E-state index contributed by atoms with van der Waals surface area (Å²) in [5.41, 5.74) is 0.875. The van der Waals surface area contributed by atoms with Gasteiger partial charge in [0.2, 0.25) is 0 Å². The van der Waals surface area contributed by atoms with Crippen LogP contribution < -0.4 is 5.56 Å². The maximum Gasteiger partial charge on any atom is 0.310 e. The Kier molecular flexibility index (Phi) is 2.94. The van der Waals surface area contributed by atoms with Crippen LogP contribution in [0, 0.1) is 5.82 Å². The zero-order valence-electron chi connectivity index (χ0n) is 11.1. The molecule has 0 aliphatic carbocycles. The third kappa shape index (κ3) is 2.14. The van der Waals surface area contributed by atoms with Crippen molar-refractivity contribution in [2.75, 3.05) is 0 Å². The highest BCUT2D eigenvalue weighted by atomic mass is 19.1. The average molecular weight is 286 g/mol. The van der Waals surface area contributed by atoms with Crippen molar-refractivity contribution in [2.24, 2.45) is 0 Å². The molecule has 2 heterocycles. The number of hydrogen-bond donors (Lipinski definition) is 1. The predicted octanol–water partition coefficient (Wildman–Crippen LogP) is 2.17. The van der Waals surface area contributed by atoms with E-state index >= 15 is 0 Å². The standard InChI is InChI=1S/C15H11FN2O3/c1-8(15(20)21)9-2-4-12-11(6-9)14(19)18-7-10(16)3-5-13(18)17-12/h2-8H,1H3,(H,20,21). The fourth-order valence-electron chi connectivity index (χ4n) is 2.21. The Morgan fingerprint density at radius 1 is 1.33 bits per heavy atom. The van der Waals surface area contributed by atoms with Crippen LogP contribution in [-0.2, 0) is 4.79 Å². The van der Waals surface area contributed by atoms with Crippen LogP contribution in [0.1, 0.15) is 18.4 Å². The topological polar surface area (TPSA) is 71.7 Å². The van der Waals surface area contributed by atoms with Gasteiger partial charge in [-0.15, -0.1) is 0 Å². The molecule has 0 saturated carbocycles. The summed E-state index contributed by atoms with van der Waals surface area (Å²) in [6.07, 6.45) is 1.07. The molecule has 1 atom stereocenters. The number of carbonyl (C=O) groups is 1. The maximum absolute atomic E-state index is 13.3. The summed E-state index contributed by atoms with van der Waals surface area (Å²) in [5.74, 6) is -2.25. The van der Waals surface area contributed by atoms with E-state index in [1.54, 1.807) is 12.1 Å². The van der Waals surface area contributed by atoms with Crippen LogP contribution in [-0.4, -0.2) is 20.5 Å². The van der Waals surface area contributed by atoms with E-state index in [2.05, 4.69) is 4.98 Å². The van der Waals surface area contributed by atoms with Gasteiger partial charge in [-0.05, 0) is 36.8 Å². The molecule has 5 nitrogen and oxygen atoms in total. The number of carboxylic acids is 1. The number of aliphatic carboxylic acids is 1. The SMILES string of the molecule is CC(C(=O)O)c1ccc2nc3ccc(F)cn3c(=O)c2c1. The molecule has 0 amide bonds. The number of rotatable bonds is 2. The predicted molar refractivity (Wildman–Crippen MR) is 75.0 cm³/mol. The van der Waals surface area contributed by atoms with Crippen molar-refractivity contribution < 1.29 is 14.3 Å². The zero-order chi connectivity index (χ0) is 15.1. The van der Waals surface area contributed by atoms with E-state index in [4.69, 9.17) is 5.11 Å². The van der Waals surface area contributed by atoms with Crippen LogP contribution >= 0.6 is 0 Å². The lowest BCUT2D eigenvalue weighted by atomic mass is 10.00. The van der Waals surface area contributed by atoms with Gasteiger partial charge in [0.05, 0.1) is 16.8 Å². The second kappa shape index (κ2) is 4.66. The lowest BCUT2D eigenvalue weighted by Gasteiger charge is -2.08. The first-order chi connectivity index (χ1) is 9.97. The van der Waals surface area contributed by atoms with Crippen LogP contribution in [0.2, 0.25) is 0 Å². The summed E-state index contributed by atoms with van der Waals surface area (Å²) < 4.78 is 14.4. The molecular formula is C15H11FN2O3. The fraction of sp³-hybridized carbons (Fsp3) is 0.133. The summed E-state index contributed by atoms with van der Waals surface area (Å²) in [6.45, 7) is 1.54. The van der Waals surface area contributed by atoms with Crippen molar-refractivity contribution in [1.82, 2.24) is 9.38 Å². The molecule has 0 fully saturated rings. The second-order valence-corrected chi connectivity index (χ2v) is 4.83. The van der Waals surface area contributed by atoms with Gasteiger partial charge in [0, 0.05) is 6.20 Å². The molecule has 2 aromatic heterocycles. The Bertz CT molecular complexity index is 933. The summed E-state index contributed by atoms with van der Waals surface area (Å²) in [7, 11) is 0. The van der Waals surface area contributed by atoms with Crippen LogP contribution in [0.25, 0.3) is 16.6 Å². The Balaban J connectivity index is 2.34. The fourth-order valence-corrected chi connectivity index (χ4v) is 2.21. The first-order valence-corrected chi connectivity index (χ1v) is 6.32. The van der Waals surface area contributed by atoms with Crippen LogP contribution in [0.3, 0.4) is 0 Å². The summed E-state index contributed by atoms with van der Waals surface area (Å²) in [4.78, 5) is 27.7. The molecule has 1 aromatic carbocycles. The molecule has 21 heavy (non-hydrogen) atoms. The van der Waals surface area contributed by atoms with Gasteiger partial charge < -0.3 is 5.11 Å². The zero-order valence-corrected chi connectivity index (χ0v) is 11.1. The number of fused-ring (bicyclic) bond motifs is 2. The number of aromatic nitrogens is 2. The molecule has 6 heteroatoms. The number of nitrogens with zero attached hydrogens (tertiary/aromatic N) is 2. The molecular weight excluding hydrogens is 275 g/mol. The molecule has 0 aliphatic heterocycles. The molecule has 3 rings (SSSR count). The molecule has 0 radical (unpaired) electrons. The third-order valence-corrected chi connectivity index (χ3v) is 3.47. The molecule has 0 aliphatic rings. The van der Waals surface area contributed by atoms with Gasteiger partial charge in [-0.25, -0.2) is 9.37 Å². The maximum atomic E-state index is 13.3. The van der Waals surface area contributed by atoms with Crippen LogP contribution in [0.15, 0.2) is 41.3 Å². The van der Waals surface area contributed by atoms with E-state index in [9.17, 15) is 14.0 Å². The highest BCUT2D eigenvalue weighted by Crippen LogP contribution is 2.19. The number of pyridine rings is 1. The first kappa shape index (κ1) is 13.2. The van der Waals surface area contributed by atoms with Gasteiger partial charge in [-0.3, -0.25) is 14.0 Å². The largest absolute Gasteiger partial charge is 0.481 e. The minimum Gasteiger partial charge on any atom is -0.481 e. The quantitative estimate of drug-likeness (QED) is 0.733. The molecule has 3 aromatic rings. The molecule has 1 N–H and O–H groups in total. The number of halogens is 1. The van der Waals surface area contributed by atoms with Crippen molar-refractivity contribution in [3.05, 3.63) is 58.3 Å². The van der Waals surface area contributed by atoms with Crippen LogP contribution in [0.5, 0.6) is 0 Å². The Labute approximate surface area is 118 Å². The number of benzene rings is 1. The van der Waals surface area contributed by atoms with Crippen LogP contribution in [0.4, 0.5) is 4.39 Å². The van der Waals surface area contributed by atoms with Crippen molar-refractivity contribution in [1.29, 1.82) is 0 Å². The summed E-state index contributed by atoms with van der Waals surface area (Å²) in [6, 6.07) is 7.39. The monoisotopic (exact) mass is 286 g/mol. The van der Waals surface area contributed by atoms with Crippen molar-refractivity contribution in [3.8, 4) is 0 Å². The first-order valence-electron chi connectivity index (χ1n) is 6.32. The van der Waals surface area contributed by atoms with E-state index < -0.39 is 23.3 Å². The smallest absolute Gasteiger partial charge is 0.310 e. The van der Waals surface area contributed by atoms with Gasteiger partial charge >= 0.3 is 5.97 Å². The number of carboxylic acid groups (broad SMARTS) is 1. The third-order valence-electron chi connectivity index (χ3n) is 3.47. The van der Waals surface area contributed by atoms with E-state index in [1.807, 2.05) is 0 Å².